The van der Waals surface area contributed by atoms with E-state index in [1.165, 1.54) is 0 Å². The Morgan fingerprint density at radius 1 is 0.646 bits per heavy atom. The van der Waals surface area contributed by atoms with E-state index in [2.05, 4.69) is 0 Å². The standard InChI is InChI=1S/C40H46O8/c1-39(2,3)48-35(41)24-40(42)38(46-28-33-22-14-7-15-23-33)37(45-27-32-20-12-6-13-21-32)36(44-26-31-18-10-5-11-19-31)34(47-40)29-43-25-30-16-8-4-9-17-30/h4-23,34,36-38,42H,24-29H2,1-3H3/t34-,36+,37+,38-,40+/m1/s1. The molecule has 4 aromatic rings. The molecular weight excluding hydrogens is 608 g/mol. The van der Waals surface area contributed by atoms with Crippen molar-refractivity contribution >= 4 is 5.97 Å². The lowest BCUT2D eigenvalue weighted by molar-refractivity contribution is -0.370. The van der Waals surface area contributed by atoms with Gasteiger partial charge in [0, 0.05) is 0 Å². The molecule has 1 aliphatic rings. The molecule has 0 saturated carbocycles. The first-order chi connectivity index (χ1) is 23.2. The van der Waals surface area contributed by atoms with Gasteiger partial charge in [0.25, 0.3) is 0 Å². The summed E-state index contributed by atoms with van der Waals surface area (Å²) in [7, 11) is 0. The van der Waals surface area contributed by atoms with Gasteiger partial charge in [0.1, 0.15) is 36.4 Å². The van der Waals surface area contributed by atoms with E-state index in [9.17, 15) is 9.90 Å². The minimum Gasteiger partial charge on any atom is -0.460 e. The van der Waals surface area contributed by atoms with Gasteiger partial charge in [-0.1, -0.05) is 121 Å². The monoisotopic (exact) mass is 654 g/mol. The van der Waals surface area contributed by atoms with E-state index in [1.807, 2.05) is 121 Å². The molecule has 1 fully saturated rings. The Bertz CT molecular complexity index is 1510. The van der Waals surface area contributed by atoms with E-state index >= 15 is 0 Å². The van der Waals surface area contributed by atoms with E-state index in [-0.39, 0.29) is 26.4 Å². The van der Waals surface area contributed by atoms with Crippen LogP contribution in [0.2, 0.25) is 0 Å². The number of hydrogen-bond donors (Lipinski definition) is 1. The van der Waals surface area contributed by atoms with E-state index in [4.69, 9.17) is 28.4 Å². The second-order valence-electron chi connectivity index (χ2n) is 13.0. The summed E-state index contributed by atoms with van der Waals surface area (Å²) >= 11 is 0. The Kier molecular flexibility index (Phi) is 12.5. The Hall–Kier alpha value is -3.89. The van der Waals surface area contributed by atoms with Gasteiger partial charge in [-0.3, -0.25) is 4.79 Å². The third kappa shape index (κ3) is 10.6. The van der Waals surface area contributed by atoms with Crippen LogP contribution in [0, 0.1) is 0 Å². The molecule has 1 aliphatic heterocycles. The highest BCUT2D eigenvalue weighted by molar-refractivity contribution is 5.71. The van der Waals surface area contributed by atoms with Crippen molar-refractivity contribution in [2.45, 2.75) is 89.4 Å². The Labute approximate surface area is 283 Å². The van der Waals surface area contributed by atoms with Crippen LogP contribution >= 0.6 is 0 Å². The van der Waals surface area contributed by atoms with Crippen LogP contribution in [0.3, 0.4) is 0 Å². The van der Waals surface area contributed by atoms with Gasteiger partial charge in [0.15, 0.2) is 0 Å². The fourth-order valence-electron chi connectivity index (χ4n) is 5.66. The lowest BCUT2D eigenvalue weighted by Gasteiger charge is -2.50. The number of hydrogen-bond acceptors (Lipinski definition) is 8. The molecule has 254 valence electrons. The summed E-state index contributed by atoms with van der Waals surface area (Å²) in [5.74, 6) is -2.76. The van der Waals surface area contributed by atoms with Crippen molar-refractivity contribution in [3.05, 3.63) is 144 Å². The largest absolute Gasteiger partial charge is 0.460 e. The van der Waals surface area contributed by atoms with Gasteiger partial charge >= 0.3 is 5.97 Å². The van der Waals surface area contributed by atoms with Crippen LogP contribution in [-0.4, -0.2) is 53.5 Å². The summed E-state index contributed by atoms with van der Waals surface area (Å²) in [6.45, 7) is 6.31. The van der Waals surface area contributed by atoms with Gasteiger partial charge in [-0.15, -0.1) is 0 Å². The first-order valence-corrected chi connectivity index (χ1v) is 16.4. The smallest absolute Gasteiger partial charge is 0.311 e. The Morgan fingerprint density at radius 3 is 1.52 bits per heavy atom. The summed E-state index contributed by atoms with van der Waals surface area (Å²) in [6.07, 6.45) is -4.08. The maximum Gasteiger partial charge on any atom is 0.311 e. The number of carbonyl (C=O) groups excluding carboxylic acids is 1. The molecule has 0 amide bonds. The molecule has 1 saturated heterocycles. The van der Waals surface area contributed by atoms with Crippen LogP contribution in [0.1, 0.15) is 49.4 Å². The van der Waals surface area contributed by atoms with Gasteiger partial charge in [-0.2, -0.15) is 0 Å². The summed E-state index contributed by atoms with van der Waals surface area (Å²) in [4.78, 5) is 13.3. The minimum atomic E-state index is -2.13. The van der Waals surface area contributed by atoms with Gasteiger partial charge in [0.2, 0.25) is 5.79 Å². The molecule has 0 aromatic heterocycles. The maximum atomic E-state index is 13.3. The zero-order valence-corrected chi connectivity index (χ0v) is 27.9. The molecule has 5 rings (SSSR count). The average molecular weight is 655 g/mol. The van der Waals surface area contributed by atoms with Crippen molar-refractivity contribution < 1.29 is 38.3 Å². The van der Waals surface area contributed by atoms with Crippen molar-refractivity contribution in [3.63, 3.8) is 0 Å². The van der Waals surface area contributed by atoms with E-state index in [0.717, 1.165) is 22.3 Å². The SMILES string of the molecule is CC(C)(C)OC(=O)C[C@]1(O)O[C@H](COCc2ccccc2)[C@H](OCc2ccccc2)[C@H](OCc2ccccc2)[C@H]1OCc1ccccc1. The summed E-state index contributed by atoms with van der Waals surface area (Å²) in [5, 5.41) is 12.4. The second-order valence-corrected chi connectivity index (χ2v) is 13.0. The summed E-state index contributed by atoms with van der Waals surface area (Å²) in [5.41, 5.74) is 2.99. The number of ether oxygens (including phenoxy) is 6. The van der Waals surface area contributed by atoms with Crippen molar-refractivity contribution in [1.82, 2.24) is 0 Å². The average Bonchev–Trinajstić information content (AvgIpc) is 3.07. The quantitative estimate of drug-likeness (QED) is 0.140. The lowest BCUT2D eigenvalue weighted by atomic mass is 9.89. The predicted molar refractivity (Wildman–Crippen MR) is 181 cm³/mol. The third-order valence-corrected chi connectivity index (χ3v) is 7.84. The van der Waals surface area contributed by atoms with Crippen LogP contribution in [0.4, 0.5) is 0 Å². The maximum absolute atomic E-state index is 13.3. The number of benzene rings is 4. The number of carbonyl (C=O) groups is 1. The number of esters is 1. The van der Waals surface area contributed by atoms with E-state index in [1.54, 1.807) is 20.8 Å². The number of rotatable bonds is 15. The van der Waals surface area contributed by atoms with Crippen molar-refractivity contribution in [3.8, 4) is 0 Å². The minimum absolute atomic E-state index is 0.0571. The molecule has 0 unspecified atom stereocenters. The number of aliphatic hydroxyl groups is 1. The highest BCUT2D eigenvalue weighted by Crippen LogP contribution is 2.38. The molecule has 5 atom stereocenters. The normalized spacial score (nSPS) is 22.7. The van der Waals surface area contributed by atoms with Crippen LogP contribution in [0.5, 0.6) is 0 Å². The fourth-order valence-corrected chi connectivity index (χ4v) is 5.66. The highest BCUT2D eigenvalue weighted by Gasteiger charge is 2.57. The van der Waals surface area contributed by atoms with Gasteiger partial charge < -0.3 is 33.5 Å². The first-order valence-electron chi connectivity index (χ1n) is 16.4. The topological polar surface area (TPSA) is 92.7 Å². The van der Waals surface area contributed by atoms with Crippen LogP contribution in [0.25, 0.3) is 0 Å². The van der Waals surface area contributed by atoms with Gasteiger partial charge in [0.05, 0.1) is 33.0 Å². The fraction of sp³-hybridized carbons (Fsp3) is 0.375. The molecule has 1 N–H and O–H groups in total. The molecule has 48 heavy (non-hydrogen) atoms. The second kappa shape index (κ2) is 17.0. The Morgan fingerprint density at radius 2 is 1.06 bits per heavy atom. The van der Waals surface area contributed by atoms with Crippen LogP contribution in [-0.2, 0) is 59.6 Å². The molecule has 8 heteroatoms. The summed E-state index contributed by atoms with van der Waals surface area (Å²) < 4.78 is 38.0. The zero-order chi connectivity index (χ0) is 33.8. The van der Waals surface area contributed by atoms with Gasteiger partial charge in [-0.05, 0) is 43.0 Å². The van der Waals surface area contributed by atoms with Crippen LogP contribution in [0.15, 0.2) is 121 Å². The van der Waals surface area contributed by atoms with Crippen molar-refractivity contribution in [2.24, 2.45) is 0 Å². The molecule has 4 aromatic carbocycles. The van der Waals surface area contributed by atoms with Crippen molar-refractivity contribution in [2.75, 3.05) is 6.61 Å². The molecule has 0 bridgehead atoms. The molecular formula is C40H46O8. The van der Waals surface area contributed by atoms with Gasteiger partial charge in [-0.25, -0.2) is 0 Å². The van der Waals surface area contributed by atoms with E-state index < -0.39 is 48.2 Å². The molecule has 8 nitrogen and oxygen atoms in total. The third-order valence-electron chi connectivity index (χ3n) is 7.84. The molecule has 0 aliphatic carbocycles. The van der Waals surface area contributed by atoms with Crippen molar-refractivity contribution in [1.29, 1.82) is 0 Å². The zero-order valence-electron chi connectivity index (χ0n) is 27.9. The molecule has 1 heterocycles. The summed E-state index contributed by atoms with van der Waals surface area (Å²) in [6, 6.07) is 39.0. The predicted octanol–water partition coefficient (Wildman–Crippen LogP) is 6.78. The molecule has 0 spiro atoms. The lowest BCUT2D eigenvalue weighted by Crippen LogP contribution is -2.67. The Balaban J connectivity index is 1.49. The highest BCUT2D eigenvalue weighted by atomic mass is 16.7. The van der Waals surface area contributed by atoms with Crippen LogP contribution < -0.4 is 0 Å². The van der Waals surface area contributed by atoms with E-state index in [0.29, 0.717) is 6.61 Å². The molecule has 0 radical (unpaired) electrons. The first kappa shape index (κ1) is 35.4.